The molecule has 0 spiro atoms. The fraction of sp³-hybridized carbons (Fsp3) is 0.273. The molecule has 5 rings (SSSR count). The standard InChI is InChI=1S/C22H22N4O2S/c1-25-10-12-26(13-11-25)18-8-4-3-7-17(18)23-22(27)20-16-14-29-19-9-5-2-6-15(19)21(16)28-24-20/h2-9H,10-14H2,1H3,(H,23,27). The van der Waals surface area contributed by atoms with Gasteiger partial charge in [0, 0.05) is 48.0 Å². The minimum absolute atomic E-state index is 0.225. The van der Waals surface area contributed by atoms with Crippen molar-refractivity contribution in [1.82, 2.24) is 10.1 Å². The summed E-state index contributed by atoms with van der Waals surface area (Å²) < 4.78 is 5.59. The summed E-state index contributed by atoms with van der Waals surface area (Å²) in [6, 6.07) is 16.0. The maximum atomic E-state index is 13.1. The predicted octanol–water partition coefficient (Wildman–Crippen LogP) is 3.95. The van der Waals surface area contributed by atoms with Crippen molar-refractivity contribution in [1.29, 1.82) is 0 Å². The number of benzene rings is 2. The molecule has 2 aromatic carbocycles. The molecule has 1 fully saturated rings. The van der Waals surface area contributed by atoms with E-state index in [-0.39, 0.29) is 5.91 Å². The van der Waals surface area contributed by atoms with Gasteiger partial charge in [-0.1, -0.05) is 29.4 Å². The normalized spacial score (nSPS) is 16.2. The van der Waals surface area contributed by atoms with Crippen molar-refractivity contribution in [2.75, 3.05) is 43.4 Å². The lowest BCUT2D eigenvalue weighted by Crippen LogP contribution is -2.44. The van der Waals surface area contributed by atoms with Gasteiger partial charge in [-0.15, -0.1) is 11.8 Å². The number of hydrogen-bond acceptors (Lipinski definition) is 6. The average molecular weight is 407 g/mol. The maximum absolute atomic E-state index is 13.1. The van der Waals surface area contributed by atoms with Gasteiger partial charge in [0.2, 0.25) is 0 Å². The number of carbonyl (C=O) groups is 1. The number of piperazine rings is 1. The van der Waals surface area contributed by atoms with Crippen LogP contribution in [0.15, 0.2) is 57.9 Å². The number of carbonyl (C=O) groups excluding carboxylic acids is 1. The first-order chi connectivity index (χ1) is 14.2. The van der Waals surface area contributed by atoms with Gasteiger partial charge in [-0.05, 0) is 31.3 Å². The Kier molecular flexibility index (Phi) is 4.77. The van der Waals surface area contributed by atoms with Gasteiger partial charge in [-0.25, -0.2) is 0 Å². The van der Waals surface area contributed by atoms with Crippen molar-refractivity contribution in [2.24, 2.45) is 0 Å². The molecule has 1 aromatic heterocycles. The third-order valence-corrected chi connectivity index (χ3v) is 6.60. The first-order valence-electron chi connectivity index (χ1n) is 9.75. The zero-order valence-electron chi connectivity index (χ0n) is 16.2. The first kappa shape index (κ1) is 18.3. The molecular formula is C22H22N4O2S. The number of nitrogens with zero attached hydrogens (tertiary/aromatic N) is 3. The molecule has 2 aliphatic rings. The number of nitrogens with one attached hydrogen (secondary N) is 1. The topological polar surface area (TPSA) is 61.6 Å². The van der Waals surface area contributed by atoms with Gasteiger partial charge in [0.15, 0.2) is 11.5 Å². The molecular weight excluding hydrogens is 384 g/mol. The fourth-order valence-corrected chi connectivity index (χ4v) is 4.91. The van der Waals surface area contributed by atoms with E-state index in [2.05, 4.69) is 39.5 Å². The van der Waals surface area contributed by atoms with E-state index in [9.17, 15) is 4.79 Å². The summed E-state index contributed by atoms with van der Waals surface area (Å²) in [4.78, 5) is 18.9. The third kappa shape index (κ3) is 3.41. The van der Waals surface area contributed by atoms with Crippen molar-refractivity contribution in [2.45, 2.75) is 10.6 Å². The minimum atomic E-state index is -0.225. The van der Waals surface area contributed by atoms with Gasteiger partial charge in [0.1, 0.15) is 0 Å². The molecule has 1 N–H and O–H groups in total. The Bertz CT molecular complexity index is 1060. The predicted molar refractivity (Wildman–Crippen MR) is 116 cm³/mol. The molecule has 1 amide bonds. The van der Waals surface area contributed by atoms with Crippen molar-refractivity contribution in [3.05, 3.63) is 59.8 Å². The molecule has 0 saturated carbocycles. The molecule has 1 saturated heterocycles. The highest BCUT2D eigenvalue weighted by Gasteiger charge is 2.28. The van der Waals surface area contributed by atoms with Crippen molar-refractivity contribution >= 4 is 29.0 Å². The molecule has 0 atom stereocenters. The van der Waals surface area contributed by atoms with Crippen LogP contribution >= 0.6 is 11.8 Å². The Labute approximate surface area is 173 Å². The molecule has 3 aromatic rings. The minimum Gasteiger partial charge on any atom is -0.367 e. The van der Waals surface area contributed by atoms with Crippen LogP contribution in [0.25, 0.3) is 11.3 Å². The van der Waals surface area contributed by atoms with Gasteiger partial charge in [0.25, 0.3) is 5.91 Å². The largest absolute Gasteiger partial charge is 0.367 e. The van der Waals surface area contributed by atoms with E-state index in [0.29, 0.717) is 17.2 Å². The second-order valence-corrected chi connectivity index (χ2v) is 8.40. The molecule has 2 aliphatic heterocycles. The lowest BCUT2D eigenvalue weighted by molar-refractivity contribution is 0.101. The summed E-state index contributed by atoms with van der Waals surface area (Å²) in [5.74, 6) is 1.16. The number of anilines is 2. The summed E-state index contributed by atoms with van der Waals surface area (Å²) >= 11 is 1.71. The highest BCUT2D eigenvalue weighted by Crippen LogP contribution is 2.42. The molecule has 29 heavy (non-hydrogen) atoms. The van der Waals surface area contributed by atoms with Crippen LogP contribution in [-0.4, -0.2) is 49.2 Å². The Hall–Kier alpha value is -2.77. The second-order valence-electron chi connectivity index (χ2n) is 7.39. The Morgan fingerprint density at radius 1 is 1.07 bits per heavy atom. The number of likely N-dealkylation sites (N-methyl/N-ethyl adjacent to an activating group) is 1. The monoisotopic (exact) mass is 406 g/mol. The molecule has 148 valence electrons. The molecule has 0 aliphatic carbocycles. The molecule has 7 heteroatoms. The number of rotatable bonds is 3. The van der Waals surface area contributed by atoms with E-state index >= 15 is 0 Å². The van der Waals surface area contributed by atoms with Crippen LogP contribution in [0.3, 0.4) is 0 Å². The number of aromatic nitrogens is 1. The smallest absolute Gasteiger partial charge is 0.278 e. The van der Waals surface area contributed by atoms with E-state index in [1.807, 2.05) is 36.4 Å². The van der Waals surface area contributed by atoms with Crippen LogP contribution in [0.2, 0.25) is 0 Å². The molecule has 0 bridgehead atoms. The van der Waals surface area contributed by atoms with Gasteiger partial charge in [0.05, 0.1) is 11.4 Å². The van der Waals surface area contributed by atoms with E-state index in [0.717, 1.165) is 53.6 Å². The van der Waals surface area contributed by atoms with E-state index in [4.69, 9.17) is 4.52 Å². The second kappa shape index (κ2) is 7.57. The third-order valence-electron chi connectivity index (χ3n) is 5.50. The molecule has 0 unspecified atom stereocenters. The highest BCUT2D eigenvalue weighted by molar-refractivity contribution is 7.98. The lowest BCUT2D eigenvalue weighted by Gasteiger charge is -2.35. The van der Waals surface area contributed by atoms with Gasteiger partial charge in [-0.2, -0.15) is 0 Å². The van der Waals surface area contributed by atoms with Crippen molar-refractivity contribution < 1.29 is 9.32 Å². The number of thioether (sulfide) groups is 1. The van der Waals surface area contributed by atoms with Gasteiger partial charge >= 0.3 is 0 Å². The van der Waals surface area contributed by atoms with E-state index in [1.54, 1.807) is 11.8 Å². The number of amides is 1. The number of hydrogen-bond donors (Lipinski definition) is 1. The van der Waals surface area contributed by atoms with Crippen molar-refractivity contribution in [3.63, 3.8) is 0 Å². The summed E-state index contributed by atoms with van der Waals surface area (Å²) in [6.45, 7) is 3.90. The maximum Gasteiger partial charge on any atom is 0.278 e. The Morgan fingerprint density at radius 3 is 2.69 bits per heavy atom. The van der Waals surface area contributed by atoms with Crippen LogP contribution in [-0.2, 0) is 5.75 Å². The summed E-state index contributed by atoms with van der Waals surface area (Å²) in [7, 11) is 2.13. The van der Waals surface area contributed by atoms with Crippen LogP contribution in [0.5, 0.6) is 0 Å². The zero-order chi connectivity index (χ0) is 19.8. The van der Waals surface area contributed by atoms with Crippen LogP contribution < -0.4 is 10.2 Å². The Balaban J connectivity index is 1.41. The van der Waals surface area contributed by atoms with Crippen molar-refractivity contribution in [3.8, 4) is 11.3 Å². The zero-order valence-corrected chi connectivity index (χ0v) is 17.0. The summed E-state index contributed by atoms with van der Waals surface area (Å²) in [5, 5.41) is 7.19. The van der Waals surface area contributed by atoms with Gasteiger partial charge < -0.3 is 19.6 Å². The summed E-state index contributed by atoms with van der Waals surface area (Å²) in [5.41, 5.74) is 4.09. The number of para-hydroxylation sites is 2. The van der Waals surface area contributed by atoms with E-state index < -0.39 is 0 Å². The fourth-order valence-electron chi connectivity index (χ4n) is 3.85. The average Bonchev–Trinajstić information content (AvgIpc) is 3.20. The van der Waals surface area contributed by atoms with E-state index in [1.165, 1.54) is 0 Å². The first-order valence-corrected chi connectivity index (χ1v) is 10.7. The van der Waals surface area contributed by atoms with Gasteiger partial charge in [-0.3, -0.25) is 4.79 Å². The quantitative estimate of drug-likeness (QED) is 0.711. The Morgan fingerprint density at radius 2 is 1.83 bits per heavy atom. The number of fused-ring (bicyclic) bond motifs is 3. The molecule has 6 nitrogen and oxygen atoms in total. The van der Waals surface area contributed by atoms with Crippen LogP contribution in [0.1, 0.15) is 16.1 Å². The van der Waals surface area contributed by atoms with Crippen LogP contribution in [0, 0.1) is 0 Å². The lowest BCUT2D eigenvalue weighted by atomic mass is 10.1. The van der Waals surface area contributed by atoms with Crippen LogP contribution in [0.4, 0.5) is 11.4 Å². The highest BCUT2D eigenvalue weighted by atomic mass is 32.2. The molecule has 3 heterocycles. The summed E-state index contributed by atoms with van der Waals surface area (Å²) in [6.07, 6.45) is 0. The SMILES string of the molecule is CN1CCN(c2ccccc2NC(=O)c2noc3c2CSc2ccccc2-3)CC1. The molecule has 0 radical (unpaired) electrons.